The van der Waals surface area contributed by atoms with Crippen LogP contribution in [0.3, 0.4) is 0 Å². The maximum Gasteiger partial charge on any atom is 0.273 e. The van der Waals surface area contributed by atoms with E-state index in [9.17, 15) is 9.18 Å². The summed E-state index contributed by atoms with van der Waals surface area (Å²) in [6.07, 6.45) is 0.818. The Morgan fingerprint density at radius 3 is 2.50 bits per heavy atom. The van der Waals surface area contributed by atoms with Gasteiger partial charge >= 0.3 is 0 Å². The van der Waals surface area contributed by atoms with Gasteiger partial charge in [-0.15, -0.1) is 5.10 Å². The zero-order chi connectivity index (χ0) is 20.1. The molecule has 7 nitrogen and oxygen atoms in total. The molecular weight excluding hydrogens is 379 g/mol. The van der Waals surface area contributed by atoms with Crippen molar-refractivity contribution in [3.05, 3.63) is 58.9 Å². The zero-order valence-electron chi connectivity index (χ0n) is 15.9. The van der Waals surface area contributed by atoms with Crippen LogP contribution in [0.1, 0.15) is 40.9 Å². The molecule has 0 atom stereocenters. The lowest BCUT2D eigenvalue weighted by Crippen LogP contribution is -2.25. The second kappa shape index (κ2) is 8.92. The zero-order valence-corrected chi connectivity index (χ0v) is 16.8. The summed E-state index contributed by atoms with van der Waals surface area (Å²) in [6.45, 7) is 6.35. The summed E-state index contributed by atoms with van der Waals surface area (Å²) < 4.78 is 14.8. The van der Waals surface area contributed by atoms with E-state index >= 15 is 0 Å². The van der Waals surface area contributed by atoms with Gasteiger partial charge in [0.05, 0.1) is 11.4 Å². The number of aryl methyl sites for hydroxylation is 2. The van der Waals surface area contributed by atoms with E-state index in [0.29, 0.717) is 28.8 Å². The summed E-state index contributed by atoms with van der Waals surface area (Å²) in [5.41, 5.74) is 3.23. The Kier molecular flexibility index (Phi) is 6.35. The van der Waals surface area contributed by atoms with E-state index in [0.717, 1.165) is 17.8 Å². The fraction of sp³-hybridized carbons (Fsp3) is 0.316. The number of aromatic nitrogens is 5. The molecule has 9 heteroatoms. The Hall–Kier alpha value is -2.81. The molecule has 0 unspecified atom stereocenters. The van der Waals surface area contributed by atoms with Gasteiger partial charge in [-0.2, -0.15) is 0 Å². The highest BCUT2D eigenvalue weighted by atomic mass is 32.2. The molecule has 1 aromatic carbocycles. The molecular formula is C19H21FN6OS. The molecule has 0 aliphatic rings. The van der Waals surface area contributed by atoms with Crippen molar-refractivity contribution in [3.8, 4) is 5.69 Å². The predicted octanol–water partition coefficient (Wildman–Crippen LogP) is 3.25. The minimum Gasteiger partial charge on any atom is -0.351 e. The fourth-order valence-electron chi connectivity index (χ4n) is 2.61. The van der Waals surface area contributed by atoms with Gasteiger partial charge in [0.15, 0.2) is 10.9 Å². The molecule has 0 fully saturated rings. The second-order valence-corrected chi connectivity index (χ2v) is 7.19. The van der Waals surface area contributed by atoms with Gasteiger partial charge in [-0.3, -0.25) is 4.79 Å². The SMILES string of the molecule is CCCNC(=O)c1nnn(-c2ccc(F)cc2)c1CSc1nc(C)cc(C)n1. The number of hydrogen-bond acceptors (Lipinski definition) is 6. The van der Waals surface area contributed by atoms with Crippen molar-refractivity contribution in [2.24, 2.45) is 0 Å². The standard InChI is InChI=1S/C19H21FN6OS/c1-4-9-21-18(27)17-16(11-28-19-22-12(2)10-13(3)23-19)26(25-24-17)15-7-5-14(20)6-8-15/h5-8,10H,4,9,11H2,1-3H3,(H,21,27). The molecule has 146 valence electrons. The molecule has 0 radical (unpaired) electrons. The second-order valence-electron chi connectivity index (χ2n) is 6.25. The first kappa shape index (κ1) is 19.9. The van der Waals surface area contributed by atoms with Crippen molar-refractivity contribution in [2.75, 3.05) is 6.54 Å². The number of amides is 1. The third-order valence-electron chi connectivity index (χ3n) is 3.88. The molecule has 1 amide bonds. The van der Waals surface area contributed by atoms with Crippen LogP contribution in [0.2, 0.25) is 0 Å². The molecule has 3 rings (SSSR count). The van der Waals surface area contributed by atoms with Crippen molar-refractivity contribution in [1.82, 2.24) is 30.3 Å². The maximum absolute atomic E-state index is 13.3. The Bertz CT molecular complexity index is 953. The molecule has 28 heavy (non-hydrogen) atoms. The van der Waals surface area contributed by atoms with Crippen molar-refractivity contribution in [3.63, 3.8) is 0 Å². The number of hydrogen-bond donors (Lipinski definition) is 1. The first-order valence-electron chi connectivity index (χ1n) is 8.91. The molecule has 1 N–H and O–H groups in total. The number of nitrogens with zero attached hydrogens (tertiary/aromatic N) is 5. The third kappa shape index (κ3) is 4.72. The normalized spacial score (nSPS) is 10.9. The molecule has 0 bridgehead atoms. The Morgan fingerprint density at radius 1 is 1.18 bits per heavy atom. The van der Waals surface area contributed by atoms with E-state index in [-0.39, 0.29) is 17.4 Å². The van der Waals surface area contributed by atoms with Gasteiger partial charge < -0.3 is 5.32 Å². The maximum atomic E-state index is 13.3. The monoisotopic (exact) mass is 400 g/mol. The van der Waals surface area contributed by atoms with E-state index in [1.165, 1.54) is 23.9 Å². The molecule has 0 aliphatic carbocycles. The minimum atomic E-state index is -0.343. The highest BCUT2D eigenvalue weighted by Crippen LogP contribution is 2.23. The number of benzene rings is 1. The van der Waals surface area contributed by atoms with Gasteiger partial charge in [0.1, 0.15) is 5.82 Å². The molecule has 0 saturated heterocycles. The van der Waals surface area contributed by atoms with E-state index in [1.807, 2.05) is 26.8 Å². The largest absolute Gasteiger partial charge is 0.351 e. The Balaban J connectivity index is 1.93. The predicted molar refractivity (Wildman–Crippen MR) is 105 cm³/mol. The van der Waals surface area contributed by atoms with Gasteiger partial charge in [0, 0.05) is 23.7 Å². The summed E-state index contributed by atoms with van der Waals surface area (Å²) in [5, 5.41) is 11.6. The third-order valence-corrected chi connectivity index (χ3v) is 4.74. The number of thioether (sulfide) groups is 1. The summed E-state index contributed by atoms with van der Waals surface area (Å²) in [4.78, 5) is 21.4. The van der Waals surface area contributed by atoms with Gasteiger partial charge in [0.2, 0.25) is 0 Å². The Morgan fingerprint density at radius 2 is 1.86 bits per heavy atom. The highest BCUT2D eigenvalue weighted by molar-refractivity contribution is 7.98. The van der Waals surface area contributed by atoms with Crippen LogP contribution in [0.25, 0.3) is 5.69 Å². The van der Waals surface area contributed by atoms with E-state index < -0.39 is 0 Å². The molecule has 0 spiro atoms. The first-order valence-corrected chi connectivity index (χ1v) is 9.90. The summed E-state index contributed by atoms with van der Waals surface area (Å²) in [6, 6.07) is 7.78. The number of nitrogens with one attached hydrogen (secondary N) is 1. The van der Waals surface area contributed by atoms with Crippen LogP contribution in [-0.2, 0) is 5.75 Å². The number of carbonyl (C=O) groups excluding carboxylic acids is 1. The first-order chi connectivity index (χ1) is 13.5. The van der Waals surface area contributed by atoms with Crippen LogP contribution in [0, 0.1) is 19.7 Å². The number of rotatable bonds is 7. The topological polar surface area (TPSA) is 85.6 Å². The summed E-state index contributed by atoms with van der Waals surface area (Å²) >= 11 is 1.40. The van der Waals surface area contributed by atoms with Crippen molar-refractivity contribution in [1.29, 1.82) is 0 Å². The van der Waals surface area contributed by atoms with Gasteiger partial charge in [-0.1, -0.05) is 23.9 Å². The van der Waals surface area contributed by atoms with Crippen LogP contribution in [0.5, 0.6) is 0 Å². The van der Waals surface area contributed by atoms with Crippen molar-refractivity contribution >= 4 is 17.7 Å². The van der Waals surface area contributed by atoms with E-state index in [1.54, 1.807) is 16.8 Å². The van der Waals surface area contributed by atoms with Gasteiger partial charge in [0.25, 0.3) is 5.91 Å². The van der Waals surface area contributed by atoms with E-state index in [2.05, 4.69) is 25.6 Å². The molecule has 0 saturated carbocycles. The molecule has 2 heterocycles. The van der Waals surface area contributed by atoms with E-state index in [4.69, 9.17) is 0 Å². The Labute approximate surface area is 166 Å². The van der Waals surface area contributed by atoms with Crippen LogP contribution >= 0.6 is 11.8 Å². The summed E-state index contributed by atoms with van der Waals surface area (Å²) in [7, 11) is 0. The van der Waals surface area contributed by atoms with Gasteiger partial charge in [-0.05, 0) is 50.6 Å². The number of carbonyl (C=O) groups is 1. The minimum absolute atomic E-state index is 0.245. The quantitative estimate of drug-likeness (QED) is 0.484. The average Bonchev–Trinajstić information content (AvgIpc) is 3.08. The smallest absolute Gasteiger partial charge is 0.273 e. The van der Waals surface area contributed by atoms with Crippen LogP contribution in [-0.4, -0.2) is 37.4 Å². The van der Waals surface area contributed by atoms with Crippen LogP contribution in [0.15, 0.2) is 35.5 Å². The highest BCUT2D eigenvalue weighted by Gasteiger charge is 2.21. The van der Waals surface area contributed by atoms with Gasteiger partial charge in [-0.25, -0.2) is 19.0 Å². The van der Waals surface area contributed by atoms with Crippen LogP contribution in [0.4, 0.5) is 4.39 Å². The lowest BCUT2D eigenvalue weighted by atomic mass is 10.2. The lowest BCUT2D eigenvalue weighted by molar-refractivity contribution is 0.0948. The number of halogens is 1. The summed E-state index contributed by atoms with van der Waals surface area (Å²) in [5.74, 6) is -0.237. The average molecular weight is 400 g/mol. The fourth-order valence-corrected chi connectivity index (χ4v) is 3.55. The molecule has 0 aliphatic heterocycles. The molecule has 2 aromatic heterocycles. The lowest BCUT2D eigenvalue weighted by Gasteiger charge is -2.08. The van der Waals surface area contributed by atoms with Crippen molar-refractivity contribution < 1.29 is 9.18 Å². The van der Waals surface area contributed by atoms with Crippen molar-refractivity contribution in [2.45, 2.75) is 38.1 Å². The van der Waals surface area contributed by atoms with Crippen LogP contribution < -0.4 is 5.32 Å². The molecule has 3 aromatic rings.